The van der Waals surface area contributed by atoms with Crippen LogP contribution in [0.4, 0.5) is 43.4 Å². The Kier molecular flexibility index (Phi) is 16.4. The molecule has 0 aliphatic carbocycles. The summed E-state index contributed by atoms with van der Waals surface area (Å²) >= 11 is 1.50. The number of nitrogens with zero attached hydrogens (tertiary/aromatic N) is 1. The van der Waals surface area contributed by atoms with Crippen molar-refractivity contribution in [1.82, 2.24) is 9.97 Å². The van der Waals surface area contributed by atoms with Crippen molar-refractivity contribution in [2.75, 3.05) is 23.1 Å². The average molecular weight is 1010 g/mol. The van der Waals surface area contributed by atoms with Crippen LogP contribution >= 0.6 is 33.3 Å². The highest BCUT2D eigenvalue weighted by molar-refractivity contribution is 8.76. The number of amides is 3. The first-order valence-corrected chi connectivity index (χ1v) is 23.8. The molecule has 2 aromatic heterocycles. The number of pyridine rings is 1. The van der Waals surface area contributed by atoms with E-state index in [1.165, 1.54) is 64.7 Å². The van der Waals surface area contributed by atoms with Gasteiger partial charge in [0.05, 0.1) is 18.2 Å². The SMILES string of the molecule is COC(=O)c1cc2cc(CSc3cccc(NC(=O)c4cccc(C(F)(F)F)c4)c3)cnc2[nH]1.O=C(Nc1cccc(SSc2cccc(NC(=O)c3cccc(C(F)(F)F)c3)c2)c1)c1ccccc1. The average Bonchev–Trinajstić information content (AvgIpc) is 3.79. The molecule has 10 nitrogen and oxygen atoms in total. The zero-order chi connectivity index (χ0) is 49.8. The quantitative estimate of drug-likeness (QED) is 0.0384. The maximum absolute atomic E-state index is 12.9. The predicted molar refractivity (Wildman–Crippen MR) is 261 cm³/mol. The normalized spacial score (nSPS) is 11.2. The number of H-pyrrole nitrogens is 1. The number of hydrogen-bond acceptors (Lipinski definition) is 9. The fourth-order valence-corrected chi connectivity index (χ4v) is 9.30. The lowest BCUT2D eigenvalue weighted by molar-refractivity contribution is -0.138. The Balaban J connectivity index is 0.000000207. The molecule has 0 saturated heterocycles. The topological polar surface area (TPSA) is 142 Å². The predicted octanol–water partition coefficient (Wildman–Crippen LogP) is 13.9. The summed E-state index contributed by atoms with van der Waals surface area (Å²) in [7, 11) is 4.22. The van der Waals surface area contributed by atoms with Gasteiger partial charge >= 0.3 is 18.3 Å². The number of fused-ring (bicyclic) bond motifs is 1. The number of hydrogen-bond donors (Lipinski definition) is 4. The van der Waals surface area contributed by atoms with Crippen molar-refractivity contribution < 1.29 is 50.3 Å². The fraction of sp³-hybridized carbons (Fsp3) is 0.0784. The second kappa shape index (κ2) is 22.8. The van der Waals surface area contributed by atoms with E-state index in [4.69, 9.17) is 4.74 Å². The molecule has 0 saturated carbocycles. The van der Waals surface area contributed by atoms with Crippen molar-refractivity contribution in [1.29, 1.82) is 0 Å². The number of aromatic amines is 1. The Morgan fingerprint density at radius 3 is 1.50 bits per heavy atom. The number of rotatable bonds is 13. The molecule has 2 heterocycles. The van der Waals surface area contributed by atoms with Crippen LogP contribution < -0.4 is 16.0 Å². The van der Waals surface area contributed by atoms with Gasteiger partial charge < -0.3 is 25.7 Å². The number of anilines is 3. The van der Waals surface area contributed by atoms with Gasteiger partial charge in [-0.3, -0.25) is 14.4 Å². The summed E-state index contributed by atoms with van der Waals surface area (Å²) in [5.41, 5.74) is 2.07. The highest BCUT2D eigenvalue weighted by atomic mass is 33.1. The van der Waals surface area contributed by atoms with E-state index in [1.807, 2.05) is 42.5 Å². The van der Waals surface area contributed by atoms with Crippen LogP contribution in [0.3, 0.4) is 0 Å². The summed E-state index contributed by atoms with van der Waals surface area (Å²) < 4.78 is 82.3. The smallest absolute Gasteiger partial charge is 0.416 e. The summed E-state index contributed by atoms with van der Waals surface area (Å²) in [6, 6.07) is 42.5. The number of alkyl halides is 6. The van der Waals surface area contributed by atoms with Crippen LogP contribution in [0.1, 0.15) is 58.3 Å². The summed E-state index contributed by atoms with van der Waals surface area (Å²) in [5.74, 6) is -1.35. The highest BCUT2D eigenvalue weighted by Gasteiger charge is 2.32. The molecule has 0 aliphatic heterocycles. The summed E-state index contributed by atoms with van der Waals surface area (Å²) in [5, 5.41) is 8.94. The Morgan fingerprint density at radius 2 is 1.00 bits per heavy atom. The van der Waals surface area contributed by atoms with Gasteiger partial charge in [0, 0.05) is 65.8 Å². The zero-order valence-electron chi connectivity index (χ0n) is 36.4. The van der Waals surface area contributed by atoms with Gasteiger partial charge in [-0.15, -0.1) is 11.8 Å². The molecule has 3 amide bonds. The van der Waals surface area contributed by atoms with E-state index in [2.05, 4.69) is 25.9 Å². The minimum atomic E-state index is -4.52. The molecule has 0 fully saturated rings. The molecular weight excluding hydrogens is 973 g/mol. The molecule has 4 N–H and O–H groups in total. The third-order valence-corrected chi connectivity index (χ3v) is 13.2. The summed E-state index contributed by atoms with van der Waals surface area (Å²) in [6.07, 6.45) is -7.34. The van der Waals surface area contributed by atoms with Crippen LogP contribution in [0.25, 0.3) is 11.0 Å². The first-order chi connectivity index (χ1) is 33.5. The molecule has 0 aliphatic rings. The first-order valence-electron chi connectivity index (χ1n) is 20.7. The summed E-state index contributed by atoms with van der Waals surface area (Å²) in [6.45, 7) is 0. The maximum atomic E-state index is 12.9. The number of carbonyl (C=O) groups excluding carboxylic acids is 4. The van der Waals surface area contributed by atoms with Gasteiger partial charge in [-0.1, -0.05) is 70.1 Å². The Bertz CT molecular complexity index is 3170. The minimum absolute atomic E-state index is 0.0772. The van der Waals surface area contributed by atoms with Gasteiger partial charge in [0.1, 0.15) is 11.3 Å². The number of esters is 1. The number of carbonyl (C=O) groups is 4. The van der Waals surface area contributed by atoms with Crippen LogP contribution in [-0.2, 0) is 22.8 Å². The van der Waals surface area contributed by atoms with Gasteiger partial charge in [0.25, 0.3) is 17.7 Å². The van der Waals surface area contributed by atoms with Crippen LogP contribution in [-0.4, -0.2) is 40.8 Å². The molecule has 0 unspecified atom stereocenters. The van der Waals surface area contributed by atoms with E-state index in [-0.39, 0.29) is 17.0 Å². The molecule has 0 atom stereocenters. The third kappa shape index (κ3) is 14.1. The second-order valence-corrected chi connectivity index (χ2v) is 18.2. The fourth-order valence-electron chi connectivity index (χ4n) is 6.41. The van der Waals surface area contributed by atoms with Gasteiger partial charge in [0.15, 0.2) is 0 Å². The number of nitrogens with one attached hydrogen (secondary N) is 4. The molecule has 0 bridgehead atoms. The molecule has 0 radical (unpaired) electrons. The van der Waals surface area contributed by atoms with E-state index in [9.17, 15) is 45.5 Å². The number of halogens is 6. The van der Waals surface area contributed by atoms with E-state index in [1.54, 1.807) is 79.0 Å². The maximum Gasteiger partial charge on any atom is 0.416 e. The number of aromatic nitrogens is 2. The monoisotopic (exact) mass is 1010 g/mol. The lowest BCUT2D eigenvalue weighted by Gasteiger charge is -2.10. The molecular formula is C51H37F6N5O5S3. The van der Waals surface area contributed by atoms with Crippen molar-refractivity contribution in [2.24, 2.45) is 0 Å². The molecule has 8 aromatic rings. The van der Waals surface area contributed by atoms with Crippen LogP contribution in [0, 0.1) is 0 Å². The molecule has 8 rings (SSSR count). The molecule has 70 heavy (non-hydrogen) atoms. The minimum Gasteiger partial charge on any atom is -0.464 e. The Labute approximate surface area is 408 Å². The number of thioether (sulfide) groups is 1. The van der Waals surface area contributed by atoms with Gasteiger partial charge in [-0.05, 0) is 121 Å². The van der Waals surface area contributed by atoms with E-state index in [0.717, 1.165) is 49.9 Å². The first kappa shape index (κ1) is 50.4. The molecule has 6 aromatic carbocycles. The van der Waals surface area contributed by atoms with Crippen LogP contribution in [0.15, 0.2) is 185 Å². The van der Waals surface area contributed by atoms with Crippen molar-refractivity contribution >= 4 is 85.1 Å². The van der Waals surface area contributed by atoms with Gasteiger partial charge in [0.2, 0.25) is 0 Å². The van der Waals surface area contributed by atoms with Crippen molar-refractivity contribution in [3.63, 3.8) is 0 Å². The standard InChI is InChI=1S/C27H19F3N2O2S2.C24H18F3N3O3S/c28-27(29,30)20-10-4-9-19(15-20)26(34)32-22-12-6-14-24(17-22)36-35-23-13-5-11-21(16-23)31-25(33)18-7-2-1-3-8-18;1-33-23(32)20-10-16-8-14(12-28-21(16)30-20)13-34-19-7-3-6-18(11-19)29-22(31)15-4-2-5-17(9-15)24(25,26)27/h1-17H,(H,31,33)(H,32,34);2-12H,13H2,1H3,(H,28,30)(H,29,31). The molecule has 19 heteroatoms. The Morgan fingerprint density at radius 1 is 0.543 bits per heavy atom. The lowest BCUT2D eigenvalue weighted by atomic mass is 10.1. The van der Waals surface area contributed by atoms with E-state index < -0.39 is 41.3 Å². The second-order valence-electron chi connectivity index (χ2n) is 14.9. The van der Waals surface area contributed by atoms with Gasteiger partial charge in [-0.2, -0.15) is 26.3 Å². The van der Waals surface area contributed by atoms with Gasteiger partial charge in [-0.25, -0.2) is 9.78 Å². The van der Waals surface area contributed by atoms with Crippen molar-refractivity contribution in [3.8, 4) is 0 Å². The summed E-state index contributed by atoms with van der Waals surface area (Å²) in [4.78, 5) is 58.8. The number of ether oxygens (including phenoxy) is 1. The molecule has 356 valence electrons. The highest BCUT2D eigenvalue weighted by Crippen LogP contribution is 2.39. The van der Waals surface area contributed by atoms with Crippen molar-refractivity contribution in [3.05, 3.63) is 209 Å². The molecule has 0 spiro atoms. The Hall–Kier alpha value is -7.48. The lowest BCUT2D eigenvalue weighted by Crippen LogP contribution is -2.13. The van der Waals surface area contributed by atoms with Crippen LogP contribution in [0.5, 0.6) is 0 Å². The third-order valence-electron chi connectivity index (χ3n) is 9.79. The van der Waals surface area contributed by atoms with E-state index in [0.29, 0.717) is 39.7 Å². The largest absolute Gasteiger partial charge is 0.464 e. The van der Waals surface area contributed by atoms with Crippen LogP contribution in [0.2, 0.25) is 0 Å². The number of benzene rings is 6. The zero-order valence-corrected chi connectivity index (χ0v) is 38.8. The van der Waals surface area contributed by atoms with Crippen molar-refractivity contribution in [2.45, 2.75) is 32.8 Å². The van der Waals surface area contributed by atoms with E-state index >= 15 is 0 Å². The number of methoxy groups -OCH3 is 1.